The van der Waals surface area contributed by atoms with Crippen LogP contribution in [0, 0.1) is 0 Å². The summed E-state index contributed by atoms with van der Waals surface area (Å²) in [5.41, 5.74) is 11.4. The van der Waals surface area contributed by atoms with Crippen molar-refractivity contribution in [3.63, 3.8) is 0 Å². The van der Waals surface area contributed by atoms with E-state index in [9.17, 15) is 9.90 Å². The van der Waals surface area contributed by atoms with Gasteiger partial charge in [0.05, 0.1) is 18.0 Å². The second-order valence-corrected chi connectivity index (χ2v) is 6.44. The Morgan fingerprint density at radius 3 is 3.00 bits per heavy atom. The van der Waals surface area contributed by atoms with Crippen LogP contribution in [-0.4, -0.2) is 60.7 Å². The van der Waals surface area contributed by atoms with E-state index in [0.29, 0.717) is 55.9 Å². The van der Waals surface area contributed by atoms with Gasteiger partial charge in [-0.25, -0.2) is 15.0 Å². The molecule has 9 nitrogen and oxygen atoms in total. The number of fused-ring (bicyclic) bond motifs is 1. The first-order valence-electron chi connectivity index (χ1n) is 8.07. The maximum Gasteiger partial charge on any atom is 0.222 e. The van der Waals surface area contributed by atoms with Crippen molar-refractivity contribution >= 4 is 22.9 Å². The molecule has 0 spiro atoms. The number of likely N-dealkylation sites (tertiary alicyclic amines) is 1. The number of imidazole rings is 1. The van der Waals surface area contributed by atoms with Crippen LogP contribution in [0.4, 0.5) is 5.82 Å². The van der Waals surface area contributed by atoms with Gasteiger partial charge in [0.15, 0.2) is 11.5 Å². The first-order chi connectivity index (χ1) is 11.4. The number of aliphatic hydroxyl groups is 1. The highest BCUT2D eigenvalue weighted by molar-refractivity contribution is 5.81. The smallest absolute Gasteiger partial charge is 0.222 e. The van der Waals surface area contributed by atoms with Crippen molar-refractivity contribution in [1.29, 1.82) is 0 Å². The van der Waals surface area contributed by atoms with Crippen LogP contribution in [0.1, 0.15) is 32.2 Å². The highest BCUT2D eigenvalue weighted by Gasteiger charge is 2.40. The second-order valence-electron chi connectivity index (χ2n) is 6.44. The van der Waals surface area contributed by atoms with E-state index in [0.717, 1.165) is 0 Å². The van der Waals surface area contributed by atoms with Crippen molar-refractivity contribution in [1.82, 2.24) is 24.4 Å². The molecule has 1 saturated heterocycles. The van der Waals surface area contributed by atoms with Crippen molar-refractivity contribution in [3.8, 4) is 0 Å². The largest absolute Gasteiger partial charge is 0.388 e. The molecule has 1 fully saturated rings. The fraction of sp³-hybridized carbons (Fsp3) is 0.600. The number of amides is 1. The standard InChI is InChI=1S/C15H23N7O2/c1-15(24)4-6-21(11(23)3-2-5-16)7-10(15)22-9-20-12-13(17)18-8-19-14(12)22/h8-10,24H,2-7,16H2,1H3,(H2,17,18,19)/t10-,15-/m1/s1. The number of nitrogens with zero attached hydrogens (tertiary/aromatic N) is 5. The van der Waals surface area contributed by atoms with Gasteiger partial charge in [0.2, 0.25) is 5.91 Å². The minimum Gasteiger partial charge on any atom is -0.388 e. The fourth-order valence-electron chi connectivity index (χ4n) is 3.15. The predicted octanol–water partition coefficient (Wildman–Crippen LogP) is -0.328. The molecule has 1 aliphatic rings. The number of hydrogen-bond donors (Lipinski definition) is 3. The normalized spacial score (nSPS) is 24.5. The lowest BCUT2D eigenvalue weighted by Gasteiger charge is -2.43. The Morgan fingerprint density at radius 2 is 2.25 bits per heavy atom. The molecule has 1 amide bonds. The Morgan fingerprint density at radius 1 is 1.46 bits per heavy atom. The van der Waals surface area contributed by atoms with E-state index in [1.54, 1.807) is 22.7 Å². The van der Waals surface area contributed by atoms with Gasteiger partial charge in [-0.1, -0.05) is 0 Å². The summed E-state index contributed by atoms with van der Waals surface area (Å²) in [6.45, 7) is 3.18. The zero-order chi connectivity index (χ0) is 17.3. The van der Waals surface area contributed by atoms with Crippen molar-refractivity contribution in [3.05, 3.63) is 12.7 Å². The number of nitrogens with two attached hydrogens (primary N) is 2. The van der Waals surface area contributed by atoms with Gasteiger partial charge in [0.1, 0.15) is 11.8 Å². The number of carbonyl (C=O) groups is 1. The van der Waals surface area contributed by atoms with Gasteiger partial charge in [-0.3, -0.25) is 4.79 Å². The number of rotatable bonds is 4. The van der Waals surface area contributed by atoms with Crippen molar-refractivity contribution in [2.45, 2.75) is 37.8 Å². The zero-order valence-corrected chi connectivity index (χ0v) is 13.7. The molecular formula is C15H23N7O2. The highest BCUT2D eigenvalue weighted by atomic mass is 16.3. The van der Waals surface area contributed by atoms with E-state index in [-0.39, 0.29) is 11.9 Å². The number of piperidine rings is 1. The van der Waals surface area contributed by atoms with Crippen LogP contribution in [0.3, 0.4) is 0 Å². The molecule has 0 aromatic carbocycles. The Kier molecular flexibility index (Phi) is 4.37. The summed E-state index contributed by atoms with van der Waals surface area (Å²) in [4.78, 5) is 26.5. The minimum absolute atomic E-state index is 0.0551. The molecule has 0 saturated carbocycles. The van der Waals surface area contributed by atoms with Crippen LogP contribution in [0.25, 0.3) is 11.2 Å². The molecule has 3 heterocycles. The second kappa shape index (κ2) is 6.33. The number of anilines is 1. The van der Waals surface area contributed by atoms with Crippen LogP contribution in [0.2, 0.25) is 0 Å². The summed E-state index contributed by atoms with van der Waals surface area (Å²) in [6, 6.07) is -0.354. The van der Waals surface area contributed by atoms with Gasteiger partial charge in [-0.15, -0.1) is 0 Å². The average Bonchev–Trinajstić information content (AvgIpc) is 2.97. The Bertz CT molecular complexity index is 742. The molecule has 130 valence electrons. The lowest BCUT2D eigenvalue weighted by atomic mass is 9.88. The monoisotopic (exact) mass is 333 g/mol. The quantitative estimate of drug-likeness (QED) is 0.697. The van der Waals surface area contributed by atoms with Crippen molar-refractivity contribution in [2.75, 3.05) is 25.4 Å². The fourth-order valence-corrected chi connectivity index (χ4v) is 3.15. The van der Waals surface area contributed by atoms with Gasteiger partial charge in [0.25, 0.3) is 0 Å². The average molecular weight is 333 g/mol. The van der Waals surface area contributed by atoms with Crippen molar-refractivity contribution in [2.24, 2.45) is 5.73 Å². The third-order valence-corrected chi connectivity index (χ3v) is 4.67. The summed E-state index contributed by atoms with van der Waals surface area (Å²) in [6.07, 6.45) is 4.53. The van der Waals surface area contributed by atoms with E-state index in [2.05, 4.69) is 15.0 Å². The molecule has 2 aromatic heterocycles. The van der Waals surface area contributed by atoms with Crippen LogP contribution < -0.4 is 11.5 Å². The first kappa shape index (κ1) is 16.6. The molecule has 0 radical (unpaired) electrons. The summed E-state index contributed by atoms with van der Waals surface area (Å²) in [5.74, 6) is 0.351. The summed E-state index contributed by atoms with van der Waals surface area (Å²) < 4.78 is 1.79. The first-order valence-corrected chi connectivity index (χ1v) is 8.07. The molecule has 0 unspecified atom stereocenters. The molecule has 24 heavy (non-hydrogen) atoms. The molecular weight excluding hydrogens is 310 g/mol. The Hall–Kier alpha value is -2.26. The van der Waals surface area contributed by atoms with Gasteiger partial charge >= 0.3 is 0 Å². The van der Waals surface area contributed by atoms with Gasteiger partial charge in [-0.05, 0) is 26.3 Å². The maximum atomic E-state index is 12.3. The highest BCUT2D eigenvalue weighted by Crippen LogP contribution is 2.34. The van der Waals surface area contributed by atoms with E-state index < -0.39 is 5.60 Å². The molecule has 2 atom stereocenters. The molecule has 5 N–H and O–H groups in total. The Balaban J connectivity index is 1.91. The number of carbonyl (C=O) groups excluding carboxylic acids is 1. The predicted molar refractivity (Wildman–Crippen MR) is 88.9 cm³/mol. The number of nitrogen functional groups attached to an aromatic ring is 1. The maximum absolute atomic E-state index is 12.3. The number of aromatic nitrogens is 4. The molecule has 0 aliphatic carbocycles. The van der Waals surface area contributed by atoms with E-state index in [1.807, 2.05) is 0 Å². The van der Waals surface area contributed by atoms with Gasteiger partial charge in [-0.2, -0.15) is 0 Å². The lowest BCUT2D eigenvalue weighted by molar-refractivity contribution is -0.138. The van der Waals surface area contributed by atoms with E-state index in [4.69, 9.17) is 11.5 Å². The summed E-state index contributed by atoms with van der Waals surface area (Å²) >= 11 is 0. The minimum atomic E-state index is -0.974. The molecule has 1 aliphatic heterocycles. The van der Waals surface area contributed by atoms with Crippen molar-refractivity contribution < 1.29 is 9.90 Å². The zero-order valence-electron chi connectivity index (χ0n) is 13.7. The summed E-state index contributed by atoms with van der Waals surface area (Å²) in [5, 5.41) is 10.8. The molecule has 3 rings (SSSR count). The molecule has 9 heteroatoms. The van der Waals surface area contributed by atoms with Crippen LogP contribution >= 0.6 is 0 Å². The van der Waals surface area contributed by atoms with Gasteiger partial charge < -0.3 is 26.0 Å². The number of hydrogen-bond acceptors (Lipinski definition) is 7. The van der Waals surface area contributed by atoms with Crippen LogP contribution in [0.5, 0.6) is 0 Å². The van der Waals surface area contributed by atoms with Crippen LogP contribution in [-0.2, 0) is 4.79 Å². The third-order valence-electron chi connectivity index (χ3n) is 4.67. The molecule has 2 aromatic rings. The lowest BCUT2D eigenvalue weighted by Crippen LogP contribution is -2.52. The summed E-state index contributed by atoms with van der Waals surface area (Å²) in [7, 11) is 0. The van der Waals surface area contributed by atoms with Gasteiger partial charge in [0, 0.05) is 19.5 Å². The topological polar surface area (TPSA) is 136 Å². The van der Waals surface area contributed by atoms with E-state index in [1.165, 1.54) is 6.33 Å². The molecule has 0 bridgehead atoms. The SMILES string of the molecule is C[C@@]1(O)CCN(C(=O)CCCN)C[C@H]1n1cnc2c(N)ncnc21. The van der Waals surface area contributed by atoms with Crippen LogP contribution in [0.15, 0.2) is 12.7 Å². The van der Waals surface area contributed by atoms with E-state index >= 15 is 0 Å². The third kappa shape index (κ3) is 2.92. The Labute approximate surface area is 139 Å².